The number of nitrogens with zero attached hydrogens (tertiary/aromatic N) is 1. The van der Waals surface area contributed by atoms with E-state index < -0.39 is 0 Å². The molecule has 1 heterocycles. The molecular formula is C15H21ClN2O3. The first-order valence-electron chi connectivity index (χ1n) is 7.27. The highest BCUT2D eigenvalue weighted by Crippen LogP contribution is 2.33. The normalized spacial score (nSPS) is 14.3. The molecule has 0 atom stereocenters. The van der Waals surface area contributed by atoms with Crippen molar-refractivity contribution in [1.82, 2.24) is 4.90 Å². The fourth-order valence-corrected chi connectivity index (χ4v) is 2.44. The molecule has 21 heavy (non-hydrogen) atoms. The molecule has 1 aliphatic rings. The number of carbonyl (C=O) groups excluding carboxylic acids is 1. The second-order valence-electron chi connectivity index (χ2n) is 4.79. The summed E-state index contributed by atoms with van der Waals surface area (Å²) in [6.07, 6.45) is 2.11. The predicted octanol–water partition coefficient (Wildman–Crippen LogP) is 3.38. The molecule has 6 heteroatoms. The van der Waals surface area contributed by atoms with Crippen molar-refractivity contribution in [3.8, 4) is 5.75 Å². The van der Waals surface area contributed by atoms with E-state index in [1.54, 1.807) is 23.1 Å². The van der Waals surface area contributed by atoms with Crippen molar-refractivity contribution in [3.05, 3.63) is 23.2 Å². The first kappa shape index (κ1) is 15.9. The average Bonchev–Trinajstić information content (AvgIpc) is 3.00. The van der Waals surface area contributed by atoms with Crippen molar-refractivity contribution in [2.75, 3.05) is 38.2 Å². The average molecular weight is 313 g/mol. The Kier molecular flexibility index (Phi) is 6.14. The van der Waals surface area contributed by atoms with Crippen LogP contribution >= 0.6 is 11.6 Å². The van der Waals surface area contributed by atoms with Crippen molar-refractivity contribution in [3.63, 3.8) is 0 Å². The van der Waals surface area contributed by atoms with Crippen LogP contribution in [0.5, 0.6) is 5.75 Å². The highest BCUT2D eigenvalue weighted by atomic mass is 35.5. The molecule has 1 aromatic carbocycles. The van der Waals surface area contributed by atoms with Gasteiger partial charge in [-0.15, -0.1) is 0 Å². The van der Waals surface area contributed by atoms with E-state index in [0.717, 1.165) is 25.9 Å². The molecule has 2 rings (SSSR count). The van der Waals surface area contributed by atoms with E-state index in [4.69, 9.17) is 21.1 Å². The third kappa shape index (κ3) is 4.51. The van der Waals surface area contributed by atoms with E-state index >= 15 is 0 Å². The Morgan fingerprint density at radius 3 is 2.81 bits per heavy atom. The van der Waals surface area contributed by atoms with Crippen LogP contribution in [0.15, 0.2) is 18.2 Å². The van der Waals surface area contributed by atoms with Crippen LogP contribution in [0.2, 0.25) is 5.02 Å². The summed E-state index contributed by atoms with van der Waals surface area (Å²) in [5.41, 5.74) is 0.593. The Hall–Kier alpha value is -1.46. The molecule has 1 aliphatic heterocycles. The first-order chi connectivity index (χ1) is 10.2. The summed E-state index contributed by atoms with van der Waals surface area (Å²) < 4.78 is 10.9. The number of carbonyl (C=O) groups is 1. The molecule has 0 radical (unpaired) electrons. The zero-order valence-corrected chi connectivity index (χ0v) is 13.0. The van der Waals surface area contributed by atoms with Crippen LogP contribution in [-0.4, -0.2) is 43.8 Å². The molecule has 0 saturated carbocycles. The van der Waals surface area contributed by atoms with Crippen LogP contribution in [0.25, 0.3) is 0 Å². The fraction of sp³-hybridized carbons (Fsp3) is 0.533. The Morgan fingerprint density at radius 2 is 2.10 bits per heavy atom. The van der Waals surface area contributed by atoms with Crippen molar-refractivity contribution in [2.24, 2.45) is 0 Å². The monoisotopic (exact) mass is 312 g/mol. The lowest BCUT2D eigenvalue weighted by atomic mass is 10.3. The van der Waals surface area contributed by atoms with E-state index in [1.807, 2.05) is 6.92 Å². The van der Waals surface area contributed by atoms with Crippen molar-refractivity contribution < 1.29 is 14.3 Å². The summed E-state index contributed by atoms with van der Waals surface area (Å²) in [6, 6.07) is 5.21. The number of hydrogen-bond acceptors (Lipinski definition) is 3. The molecule has 1 fully saturated rings. The quantitative estimate of drug-likeness (QED) is 0.819. The molecule has 0 aromatic heterocycles. The van der Waals surface area contributed by atoms with Gasteiger partial charge in [0.25, 0.3) is 0 Å². The van der Waals surface area contributed by atoms with Crippen molar-refractivity contribution in [1.29, 1.82) is 0 Å². The minimum absolute atomic E-state index is 0.107. The molecule has 0 aliphatic carbocycles. The third-order valence-electron chi connectivity index (χ3n) is 3.28. The SMILES string of the molecule is CCOCCOc1c(Cl)cccc1NC(=O)N1CCCC1. The number of ether oxygens (including phenoxy) is 2. The van der Waals surface area contributed by atoms with Gasteiger partial charge in [0.2, 0.25) is 0 Å². The van der Waals surface area contributed by atoms with E-state index in [-0.39, 0.29) is 6.03 Å². The summed E-state index contributed by atoms with van der Waals surface area (Å²) in [6.45, 7) is 5.05. The van der Waals surface area contributed by atoms with Crippen molar-refractivity contribution >= 4 is 23.3 Å². The lowest BCUT2D eigenvalue weighted by Gasteiger charge is -2.18. The predicted molar refractivity (Wildman–Crippen MR) is 83.3 cm³/mol. The molecule has 1 N–H and O–H groups in total. The highest BCUT2D eigenvalue weighted by molar-refractivity contribution is 6.32. The summed E-state index contributed by atoms with van der Waals surface area (Å²) in [5, 5.41) is 3.35. The van der Waals surface area contributed by atoms with E-state index in [9.17, 15) is 4.79 Å². The van der Waals surface area contributed by atoms with Gasteiger partial charge in [-0.25, -0.2) is 4.79 Å². The fourth-order valence-electron chi connectivity index (χ4n) is 2.22. The Bertz CT molecular complexity index is 476. The number of para-hydroxylation sites is 1. The van der Waals surface area contributed by atoms with Gasteiger partial charge in [0.05, 0.1) is 17.3 Å². The zero-order chi connectivity index (χ0) is 15.1. The minimum Gasteiger partial charge on any atom is -0.487 e. The maximum atomic E-state index is 12.1. The maximum absolute atomic E-state index is 12.1. The molecule has 0 unspecified atom stereocenters. The third-order valence-corrected chi connectivity index (χ3v) is 3.58. The first-order valence-corrected chi connectivity index (χ1v) is 7.65. The molecule has 1 saturated heterocycles. The number of hydrogen-bond donors (Lipinski definition) is 1. The second-order valence-corrected chi connectivity index (χ2v) is 5.19. The van der Waals surface area contributed by atoms with Gasteiger partial charge in [-0.05, 0) is 31.9 Å². The zero-order valence-electron chi connectivity index (χ0n) is 12.2. The smallest absolute Gasteiger partial charge is 0.321 e. The number of rotatable bonds is 6. The lowest BCUT2D eigenvalue weighted by molar-refractivity contribution is 0.110. The summed E-state index contributed by atoms with van der Waals surface area (Å²) >= 11 is 6.15. The maximum Gasteiger partial charge on any atom is 0.321 e. The van der Waals surface area contributed by atoms with E-state index in [1.165, 1.54) is 0 Å². The number of amides is 2. The Morgan fingerprint density at radius 1 is 1.33 bits per heavy atom. The number of halogens is 1. The topological polar surface area (TPSA) is 50.8 Å². The molecular weight excluding hydrogens is 292 g/mol. The van der Waals surface area contributed by atoms with Crippen LogP contribution in [0.3, 0.4) is 0 Å². The molecule has 5 nitrogen and oxygen atoms in total. The Balaban J connectivity index is 2.00. The summed E-state index contributed by atoms with van der Waals surface area (Å²) in [5.74, 6) is 0.492. The number of likely N-dealkylation sites (tertiary alicyclic amines) is 1. The molecule has 116 valence electrons. The van der Waals surface area contributed by atoms with Gasteiger partial charge in [-0.3, -0.25) is 0 Å². The molecule has 2 amide bonds. The molecule has 0 spiro atoms. The van der Waals surface area contributed by atoms with Crippen molar-refractivity contribution in [2.45, 2.75) is 19.8 Å². The van der Waals surface area contributed by atoms with Gasteiger partial charge in [-0.1, -0.05) is 17.7 Å². The minimum atomic E-state index is -0.107. The van der Waals surface area contributed by atoms with Gasteiger partial charge in [-0.2, -0.15) is 0 Å². The number of anilines is 1. The summed E-state index contributed by atoms with van der Waals surface area (Å²) in [4.78, 5) is 13.9. The van der Waals surface area contributed by atoms with Crippen LogP contribution in [-0.2, 0) is 4.74 Å². The second kappa shape index (κ2) is 8.10. The standard InChI is InChI=1S/C15H21ClN2O3/c1-2-20-10-11-21-14-12(16)6-5-7-13(14)17-15(19)18-8-3-4-9-18/h5-7H,2-4,8-11H2,1H3,(H,17,19). The highest BCUT2D eigenvalue weighted by Gasteiger charge is 2.19. The molecule has 0 bridgehead atoms. The van der Waals surface area contributed by atoms with Crippen LogP contribution in [0.4, 0.5) is 10.5 Å². The summed E-state index contributed by atoms with van der Waals surface area (Å²) in [7, 11) is 0. The largest absolute Gasteiger partial charge is 0.487 e. The van der Waals surface area contributed by atoms with Gasteiger partial charge in [0.15, 0.2) is 5.75 Å². The van der Waals surface area contributed by atoms with Crippen LogP contribution in [0.1, 0.15) is 19.8 Å². The van der Waals surface area contributed by atoms with Gasteiger partial charge in [0.1, 0.15) is 6.61 Å². The lowest BCUT2D eigenvalue weighted by Crippen LogP contribution is -2.32. The van der Waals surface area contributed by atoms with Gasteiger partial charge < -0.3 is 19.7 Å². The van der Waals surface area contributed by atoms with Gasteiger partial charge in [0, 0.05) is 19.7 Å². The number of benzene rings is 1. The van der Waals surface area contributed by atoms with Gasteiger partial charge >= 0.3 is 6.03 Å². The molecule has 1 aromatic rings. The van der Waals surface area contributed by atoms with Crippen LogP contribution in [0, 0.1) is 0 Å². The number of nitrogens with one attached hydrogen (secondary N) is 1. The van der Waals surface area contributed by atoms with E-state index in [0.29, 0.717) is 36.3 Å². The van der Waals surface area contributed by atoms with E-state index in [2.05, 4.69) is 5.32 Å². The number of urea groups is 1. The Labute approximate surface area is 130 Å². The van der Waals surface area contributed by atoms with Crippen LogP contribution < -0.4 is 10.1 Å².